The van der Waals surface area contributed by atoms with E-state index in [4.69, 9.17) is 42.6 Å². The third-order valence-corrected chi connectivity index (χ3v) is 9.31. The summed E-state index contributed by atoms with van der Waals surface area (Å²) in [6.45, 7) is 1.85. The lowest BCUT2D eigenvalue weighted by Crippen LogP contribution is -2.32. The number of carbonyl (C=O) groups excluding carboxylic acids is 1. The zero-order valence-electron chi connectivity index (χ0n) is 26.6. The topological polar surface area (TPSA) is 135 Å². The van der Waals surface area contributed by atoms with Gasteiger partial charge in [0, 0.05) is 47.3 Å². The van der Waals surface area contributed by atoms with Crippen LogP contribution >= 0.6 is 23.2 Å². The van der Waals surface area contributed by atoms with Gasteiger partial charge in [-0.15, -0.1) is 0 Å². The summed E-state index contributed by atoms with van der Waals surface area (Å²) in [6, 6.07) is 14.2. The van der Waals surface area contributed by atoms with Crippen LogP contribution in [-0.2, 0) is 17.9 Å². The second kappa shape index (κ2) is 15.2. The Hall–Kier alpha value is -4.47. The molecule has 11 nitrogen and oxygen atoms in total. The van der Waals surface area contributed by atoms with Crippen LogP contribution in [0.25, 0.3) is 33.6 Å². The first-order chi connectivity index (χ1) is 23.4. The number of aliphatic hydroxyl groups is 1. The lowest BCUT2D eigenvalue weighted by atomic mass is 9.98. The second-order valence-electron chi connectivity index (χ2n) is 11.5. The molecular formula is C35H35Cl2N7O4. The number of methoxy groups -OCH3 is 2. The highest BCUT2D eigenvalue weighted by Gasteiger charge is 2.26. The average Bonchev–Trinajstić information content (AvgIpc) is 3.75. The summed E-state index contributed by atoms with van der Waals surface area (Å²) in [7, 11) is 3.10. The summed E-state index contributed by atoms with van der Waals surface area (Å²) in [4.78, 5) is 32.3. The Balaban J connectivity index is 1.24. The van der Waals surface area contributed by atoms with Gasteiger partial charge in [0.15, 0.2) is 0 Å². The van der Waals surface area contributed by atoms with Gasteiger partial charge in [-0.25, -0.2) is 9.97 Å². The first-order valence-electron chi connectivity index (χ1n) is 15.7. The molecular weight excluding hydrogens is 653 g/mol. The van der Waals surface area contributed by atoms with Gasteiger partial charge >= 0.3 is 0 Å². The summed E-state index contributed by atoms with van der Waals surface area (Å²) in [5, 5.41) is 16.5. The molecule has 0 aliphatic carbocycles. The number of ether oxygens (including phenoxy) is 2. The minimum absolute atomic E-state index is 0.0155. The lowest BCUT2D eigenvalue weighted by Gasteiger charge is -2.22. The Morgan fingerprint density at radius 1 is 0.938 bits per heavy atom. The van der Waals surface area contributed by atoms with E-state index >= 15 is 0 Å². The highest BCUT2D eigenvalue weighted by atomic mass is 35.5. The second-order valence-corrected chi connectivity index (χ2v) is 12.2. The summed E-state index contributed by atoms with van der Waals surface area (Å²) in [6.07, 6.45) is 6.52. The van der Waals surface area contributed by atoms with Crippen molar-refractivity contribution in [2.75, 3.05) is 27.4 Å². The van der Waals surface area contributed by atoms with Gasteiger partial charge in [0.1, 0.15) is 11.4 Å². The van der Waals surface area contributed by atoms with Crippen LogP contribution in [0.3, 0.4) is 0 Å². The quantitative estimate of drug-likeness (QED) is 0.156. The zero-order valence-corrected chi connectivity index (χ0v) is 28.1. The summed E-state index contributed by atoms with van der Waals surface area (Å²) in [5.74, 6) is 3.76. The number of aliphatic hydroxyl groups excluding tert-OH is 1. The molecule has 2 saturated heterocycles. The molecule has 2 aliphatic heterocycles. The van der Waals surface area contributed by atoms with Crippen LogP contribution in [0.15, 0.2) is 48.8 Å². The molecule has 0 spiro atoms. The van der Waals surface area contributed by atoms with E-state index < -0.39 is 0 Å². The van der Waals surface area contributed by atoms with Gasteiger partial charge in [-0.2, -0.15) is 0 Å². The zero-order chi connectivity index (χ0) is 33.6. The number of amides is 1. The van der Waals surface area contributed by atoms with E-state index in [0.717, 1.165) is 19.4 Å². The Kier molecular flexibility index (Phi) is 10.6. The normalized spacial score (nSPS) is 17.5. The molecule has 0 saturated carbocycles. The fourth-order valence-electron chi connectivity index (χ4n) is 5.98. The summed E-state index contributed by atoms with van der Waals surface area (Å²) < 4.78 is 11.2. The van der Waals surface area contributed by atoms with Crippen molar-refractivity contribution in [1.29, 1.82) is 0 Å². The number of likely N-dealkylation sites (tertiary alicyclic amines) is 1. The van der Waals surface area contributed by atoms with Gasteiger partial charge in [-0.1, -0.05) is 65.5 Å². The number of nitrogens with zero attached hydrogens (tertiary/aromatic N) is 5. The number of hydrogen-bond acceptors (Lipinski definition) is 10. The smallest absolute Gasteiger partial charge is 0.237 e. The van der Waals surface area contributed by atoms with Crippen LogP contribution in [-0.4, -0.2) is 75.3 Å². The van der Waals surface area contributed by atoms with Gasteiger partial charge < -0.3 is 25.2 Å². The highest BCUT2D eigenvalue weighted by molar-refractivity contribution is 6.39. The SMILES string of the molecule is COc1nc(-c2cccc(-c3cccc(-c4cnc(CN5CCC[C@H]5CO)c(OC)n4)c3Cl)c2Cl)cnc1CNC#CC1CCC(=O)N1. The predicted octanol–water partition coefficient (Wildman–Crippen LogP) is 4.88. The molecule has 0 radical (unpaired) electrons. The minimum Gasteiger partial charge on any atom is -0.480 e. The van der Waals surface area contributed by atoms with Crippen LogP contribution < -0.4 is 20.1 Å². The maximum Gasteiger partial charge on any atom is 0.237 e. The summed E-state index contributed by atoms with van der Waals surface area (Å²) in [5.41, 5.74) is 5.13. The molecule has 2 aromatic carbocycles. The van der Waals surface area contributed by atoms with Crippen LogP contribution in [0, 0.1) is 12.0 Å². The number of hydrogen-bond donors (Lipinski definition) is 3. The largest absolute Gasteiger partial charge is 0.480 e. The van der Waals surface area contributed by atoms with E-state index in [0.29, 0.717) is 92.8 Å². The fourth-order valence-corrected chi connectivity index (χ4v) is 6.63. The molecule has 48 heavy (non-hydrogen) atoms. The van der Waals surface area contributed by atoms with Crippen molar-refractivity contribution in [1.82, 2.24) is 35.5 Å². The number of halogens is 2. The third-order valence-electron chi connectivity index (χ3n) is 8.50. The van der Waals surface area contributed by atoms with Crippen molar-refractivity contribution >= 4 is 29.1 Å². The van der Waals surface area contributed by atoms with Crippen molar-refractivity contribution in [3.05, 3.63) is 70.2 Å². The van der Waals surface area contributed by atoms with Crippen molar-refractivity contribution in [3.63, 3.8) is 0 Å². The molecule has 2 fully saturated rings. The van der Waals surface area contributed by atoms with Crippen molar-refractivity contribution < 1.29 is 19.4 Å². The molecule has 13 heteroatoms. The highest BCUT2D eigenvalue weighted by Crippen LogP contribution is 2.42. The Bertz CT molecular complexity index is 1880. The molecule has 0 bridgehead atoms. The molecule has 1 unspecified atom stereocenters. The third kappa shape index (κ3) is 7.17. The summed E-state index contributed by atoms with van der Waals surface area (Å²) >= 11 is 14.1. The van der Waals surface area contributed by atoms with Gasteiger partial charge in [-0.3, -0.25) is 19.7 Å². The monoisotopic (exact) mass is 687 g/mol. The fraction of sp³-hybridized carbons (Fsp3) is 0.343. The number of aromatic nitrogens is 4. The van der Waals surface area contributed by atoms with Crippen LogP contribution in [0.2, 0.25) is 10.0 Å². The molecule has 3 N–H and O–H groups in total. The van der Waals surface area contributed by atoms with Gasteiger partial charge in [0.25, 0.3) is 0 Å². The lowest BCUT2D eigenvalue weighted by molar-refractivity contribution is -0.119. The van der Waals surface area contributed by atoms with E-state index in [1.165, 1.54) is 7.11 Å². The van der Waals surface area contributed by atoms with Gasteiger partial charge in [0.05, 0.1) is 67.2 Å². The first-order valence-corrected chi connectivity index (χ1v) is 16.4. The Labute approximate surface area is 289 Å². The van der Waals surface area contributed by atoms with E-state index in [1.54, 1.807) is 19.5 Å². The van der Waals surface area contributed by atoms with Crippen LogP contribution in [0.1, 0.15) is 37.1 Å². The molecule has 4 aromatic rings. The molecule has 2 atom stereocenters. The minimum atomic E-state index is -0.147. The van der Waals surface area contributed by atoms with Gasteiger partial charge in [-0.05, 0) is 25.8 Å². The van der Waals surface area contributed by atoms with E-state index in [2.05, 4.69) is 37.5 Å². The Morgan fingerprint density at radius 2 is 1.54 bits per heavy atom. The average molecular weight is 689 g/mol. The molecule has 2 aromatic heterocycles. The Morgan fingerprint density at radius 3 is 2.12 bits per heavy atom. The molecule has 1 amide bonds. The number of nitrogens with one attached hydrogen (secondary N) is 2. The van der Waals surface area contributed by atoms with E-state index in [-0.39, 0.29) is 24.6 Å². The first kappa shape index (κ1) is 33.4. The maximum atomic E-state index is 11.4. The van der Waals surface area contributed by atoms with Crippen LogP contribution in [0.5, 0.6) is 11.8 Å². The molecule has 2 aliphatic rings. The van der Waals surface area contributed by atoms with Crippen molar-refractivity contribution in [3.8, 4) is 57.4 Å². The number of rotatable bonds is 10. The van der Waals surface area contributed by atoms with Crippen molar-refractivity contribution in [2.45, 2.75) is 50.9 Å². The molecule has 248 valence electrons. The maximum absolute atomic E-state index is 11.4. The van der Waals surface area contributed by atoms with Crippen LogP contribution in [0.4, 0.5) is 0 Å². The standard InChI is InChI=1S/C35H35Cl2N7O4/c1-47-34-29(16-38-14-13-21-11-12-31(46)41-21)39-17-27(42-34)25-9-3-7-23(32(25)36)24-8-4-10-26(33(24)37)28-18-40-30(35(43-28)48-2)19-44-15-5-6-22(44)20-45/h3-4,7-10,17-18,21-22,38,45H,5-6,11-12,15-16,19-20H2,1-2H3,(H,41,46)/t21?,22-/m0/s1. The molecule has 6 rings (SSSR count). The van der Waals surface area contributed by atoms with Crippen molar-refractivity contribution in [2.24, 2.45) is 0 Å². The van der Waals surface area contributed by atoms with E-state index in [1.807, 2.05) is 36.4 Å². The van der Waals surface area contributed by atoms with E-state index in [9.17, 15) is 9.90 Å². The predicted molar refractivity (Wildman–Crippen MR) is 183 cm³/mol. The molecule has 4 heterocycles. The number of benzene rings is 2. The number of carbonyl (C=O) groups is 1. The van der Waals surface area contributed by atoms with Gasteiger partial charge in [0.2, 0.25) is 17.7 Å².